The Morgan fingerprint density at radius 1 is 1.26 bits per heavy atom. The van der Waals surface area contributed by atoms with Gasteiger partial charge < -0.3 is 10.6 Å². The van der Waals surface area contributed by atoms with E-state index >= 15 is 0 Å². The molecule has 144 valence electrons. The van der Waals surface area contributed by atoms with Crippen LogP contribution >= 0.6 is 11.3 Å². The number of amides is 2. The fourth-order valence-corrected chi connectivity index (χ4v) is 4.27. The van der Waals surface area contributed by atoms with Crippen molar-refractivity contribution in [2.75, 3.05) is 11.9 Å². The number of hydrogen-bond acceptors (Lipinski definition) is 5. The molecule has 1 aromatic heterocycles. The van der Waals surface area contributed by atoms with Crippen molar-refractivity contribution in [3.63, 3.8) is 0 Å². The van der Waals surface area contributed by atoms with E-state index in [9.17, 15) is 9.59 Å². The van der Waals surface area contributed by atoms with E-state index in [2.05, 4.69) is 44.8 Å². The molecular formula is C20H26N4O2S. The lowest BCUT2D eigenvalue weighted by Crippen LogP contribution is -2.46. The molecule has 2 amide bonds. The summed E-state index contributed by atoms with van der Waals surface area (Å²) in [5.41, 5.74) is 2.37. The van der Waals surface area contributed by atoms with Crippen LogP contribution in [0.5, 0.6) is 0 Å². The van der Waals surface area contributed by atoms with Gasteiger partial charge in [-0.1, -0.05) is 44.2 Å². The molecule has 3 rings (SSSR count). The van der Waals surface area contributed by atoms with Gasteiger partial charge in [-0.3, -0.25) is 14.5 Å². The average molecular weight is 387 g/mol. The second-order valence-electron chi connectivity index (χ2n) is 7.25. The SMILES string of the molecule is CC(=O)N[C@H](C(=O)Nc1nc2c(s1)CN(Cc1ccccc1)CC2)C(C)C. The third kappa shape index (κ3) is 5.14. The fraction of sp³-hybridized carbons (Fsp3) is 0.450. The Balaban J connectivity index is 1.64. The van der Waals surface area contributed by atoms with Crippen LogP contribution in [0.2, 0.25) is 0 Å². The molecule has 0 bridgehead atoms. The number of nitrogens with one attached hydrogen (secondary N) is 2. The molecule has 0 radical (unpaired) electrons. The summed E-state index contributed by atoms with van der Waals surface area (Å²) >= 11 is 1.53. The second-order valence-corrected chi connectivity index (χ2v) is 8.33. The summed E-state index contributed by atoms with van der Waals surface area (Å²) in [5, 5.41) is 6.21. The normalized spacial score (nSPS) is 15.3. The summed E-state index contributed by atoms with van der Waals surface area (Å²) in [6.07, 6.45) is 0.883. The van der Waals surface area contributed by atoms with Crippen LogP contribution in [0.1, 0.15) is 36.9 Å². The van der Waals surface area contributed by atoms with Crippen LogP contribution in [0, 0.1) is 5.92 Å². The number of anilines is 1. The summed E-state index contributed by atoms with van der Waals surface area (Å²) in [6.45, 7) is 7.96. The average Bonchev–Trinajstić information content (AvgIpc) is 3.01. The Labute approximate surface area is 164 Å². The lowest BCUT2D eigenvalue weighted by Gasteiger charge is -2.25. The Morgan fingerprint density at radius 3 is 2.67 bits per heavy atom. The van der Waals surface area contributed by atoms with Gasteiger partial charge in [-0.25, -0.2) is 4.98 Å². The molecule has 1 aliphatic heterocycles. The third-order valence-electron chi connectivity index (χ3n) is 4.60. The van der Waals surface area contributed by atoms with Crippen molar-refractivity contribution >= 4 is 28.3 Å². The zero-order valence-corrected chi connectivity index (χ0v) is 16.8. The number of carbonyl (C=O) groups is 2. The number of fused-ring (bicyclic) bond motifs is 1. The van der Waals surface area contributed by atoms with E-state index in [1.54, 1.807) is 0 Å². The molecule has 0 fully saturated rings. The van der Waals surface area contributed by atoms with Crippen molar-refractivity contribution in [2.45, 2.75) is 46.3 Å². The van der Waals surface area contributed by atoms with Gasteiger partial charge in [0.25, 0.3) is 0 Å². The maximum atomic E-state index is 12.5. The van der Waals surface area contributed by atoms with Crippen LogP contribution < -0.4 is 10.6 Å². The van der Waals surface area contributed by atoms with E-state index in [1.165, 1.54) is 28.7 Å². The van der Waals surface area contributed by atoms with Crippen LogP contribution in [0.15, 0.2) is 30.3 Å². The van der Waals surface area contributed by atoms with Gasteiger partial charge in [-0.2, -0.15) is 0 Å². The van der Waals surface area contributed by atoms with Crippen molar-refractivity contribution in [3.8, 4) is 0 Å². The van der Waals surface area contributed by atoms with Gasteiger partial charge >= 0.3 is 0 Å². The third-order valence-corrected chi connectivity index (χ3v) is 5.60. The second kappa shape index (κ2) is 8.63. The summed E-state index contributed by atoms with van der Waals surface area (Å²) in [6, 6.07) is 9.87. The van der Waals surface area contributed by atoms with E-state index in [0.29, 0.717) is 5.13 Å². The van der Waals surface area contributed by atoms with Crippen molar-refractivity contribution in [3.05, 3.63) is 46.5 Å². The van der Waals surface area contributed by atoms with Crippen LogP contribution in [0.25, 0.3) is 0 Å². The molecule has 0 saturated carbocycles. The van der Waals surface area contributed by atoms with Crippen molar-refractivity contribution < 1.29 is 9.59 Å². The van der Waals surface area contributed by atoms with Crippen LogP contribution in [0.3, 0.4) is 0 Å². The van der Waals surface area contributed by atoms with Gasteiger partial charge in [0.1, 0.15) is 6.04 Å². The minimum Gasteiger partial charge on any atom is -0.344 e. The summed E-state index contributed by atoms with van der Waals surface area (Å²) in [4.78, 5) is 32.1. The number of nitrogens with zero attached hydrogens (tertiary/aromatic N) is 2. The quantitative estimate of drug-likeness (QED) is 0.801. The number of hydrogen-bond donors (Lipinski definition) is 2. The fourth-order valence-electron chi connectivity index (χ4n) is 3.22. The maximum Gasteiger partial charge on any atom is 0.248 e. The van der Waals surface area contributed by atoms with Crippen LogP contribution in [0.4, 0.5) is 5.13 Å². The smallest absolute Gasteiger partial charge is 0.248 e. The predicted molar refractivity (Wildman–Crippen MR) is 107 cm³/mol. The molecule has 1 aliphatic rings. The topological polar surface area (TPSA) is 74.3 Å². The van der Waals surface area contributed by atoms with Gasteiger partial charge in [-0.15, -0.1) is 11.3 Å². The van der Waals surface area contributed by atoms with E-state index in [-0.39, 0.29) is 17.7 Å². The Morgan fingerprint density at radius 2 is 2.00 bits per heavy atom. The maximum absolute atomic E-state index is 12.5. The Kier molecular flexibility index (Phi) is 6.23. The standard InChI is InChI=1S/C20H26N4O2S/c1-13(2)18(21-14(3)25)19(26)23-20-22-16-9-10-24(12-17(16)27-20)11-15-7-5-4-6-8-15/h4-8,13,18H,9-12H2,1-3H3,(H,21,25)(H,22,23,26)/t18-/m0/s1. The predicted octanol–water partition coefficient (Wildman–Crippen LogP) is 2.80. The first-order chi connectivity index (χ1) is 12.9. The molecule has 6 nitrogen and oxygen atoms in total. The van der Waals surface area contributed by atoms with E-state index in [0.717, 1.165) is 31.7 Å². The Hall–Kier alpha value is -2.25. The molecule has 2 aromatic rings. The minimum absolute atomic E-state index is 0.00449. The van der Waals surface area contributed by atoms with Gasteiger partial charge in [0.05, 0.1) is 5.69 Å². The summed E-state index contributed by atoms with van der Waals surface area (Å²) in [5.74, 6) is -0.420. The van der Waals surface area contributed by atoms with Crippen molar-refractivity contribution in [2.24, 2.45) is 5.92 Å². The molecule has 0 unspecified atom stereocenters. The molecule has 27 heavy (non-hydrogen) atoms. The number of aromatic nitrogens is 1. The highest BCUT2D eigenvalue weighted by Crippen LogP contribution is 2.29. The molecule has 1 aromatic carbocycles. The van der Waals surface area contributed by atoms with E-state index in [1.807, 2.05) is 19.9 Å². The van der Waals surface area contributed by atoms with Crippen molar-refractivity contribution in [1.29, 1.82) is 0 Å². The van der Waals surface area contributed by atoms with Crippen molar-refractivity contribution in [1.82, 2.24) is 15.2 Å². The van der Waals surface area contributed by atoms with E-state index in [4.69, 9.17) is 0 Å². The molecule has 2 N–H and O–H groups in total. The first kappa shape index (κ1) is 19.5. The summed E-state index contributed by atoms with van der Waals surface area (Å²) < 4.78 is 0. The molecule has 7 heteroatoms. The molecular weight excluding hydrogens is 360 g/mol. The number of benzene rings is 1. The highest BCUT2D eigenvalue weighted by Gasteiger charge is 2.26. The molecule has 0 spiro atoms. The molecule has 2 heterocycles. The highest BCUT2D eigenvalue weighted by molar-refractivity contribution is 7.15. The number of thiazole rings is 1. The van der Waals surface area contributed by atoms with Crippen LogP contribution in [-0.2, 0) is 29.1 Å². The molecule has 0 aliphatic carbocycles. The largest absolute Gasteiger partial charge is 0.344 e. The monoisotopic (exact) mass is 386 g/mol. The first-order valence-electron chi connectivity index (χ1n) is 9.25. The number of rotatable bonds is 6. The Bertz CT molecular complexity index is 804. The van der Waals surface area contributed by atoms with Gasteiger partial charge in [0, 0.05) is 37.9 Å². The summed E-state index contributed by atoms with van der Waals surface area (Å²) in [7, 11) is 0. The van der Waals surface area contributed by atoms with Gasteiger partial charge in [0.15, 0.2) is 5.13 Å². The number of carbonyl (C=O) groups excluding carboxylic acids is 2. The zero-order valence-electron chi connectivity index (χ0n) is 16.0. The van der Waals surface area contributed by atoms with Gasteiger partial charge in [-0.05, 0) is 11.5 Å². The molecule has 1 atom stereocenters. The highest BCUT2D eigenvalue weighted by atomic mass is 32.1. The zero-order chi connectivity index (χ0) is 19.4. The lowest BCUT2D eigenvalue weighted by atomic mass is 10.0. The minimum atomic E-state index is -0.557. The first-order valence-corrected chi connectivity index (χ1v) is 10.1. The molecule has 0 saturated heterocycles. The van der Waals surface area contributed by atoms with E-state index < -0.39 is 6.04 Å². The lowest BCUT2D eigenvalue weighted by molar-refractivity contribution is -0.126. The van der Waals surface area contributed by atoms with Gasteiger partial charge in [0.2, 0.25) is 11.8 Å². The van der Waals surface area contributed by atoms with Crippen LogP contribution in [-0.4, -0.2) is 34.3 Å².